The monoisotopic (exact) mass is 533 g/mol. The van der Waals surface area contributed by atoms with Crippen LogP contribution >= 0.6 is 11.3 Å². The van der Waals surface area contributed by atoms with Gasteiger partial charge >= 0.3 is 0 Å². The second kappa shape index (κ2) is 9.73. The molecule has 4 N–H and O–H groups in total. The van der Waals surface area contributed by atoms with Gasteiger partial charge in [0.1, 0.15) is 12.1 Å². The molecule has 0 saturated carbocycles. The molecule has 37 heavy (non-hydrogen) atoms. The SMILES string of the molecule is CN(c1cccc(CNS(C)(=O)=O)c1)c1ccc2cnccc2c1NC(=O)c1csc2c(N)ncnc12. The van der Waals surface area contributed by atoms with E-state index in [2.05, 4.69) is 25.0 Å². The number of nitrogens with two attached hydrogens (primary N) is 1. The van der Waals surface area contributed by atoms with Crippen molar-refractivity contribution in [2.24, 2.45) is 0 Å². The number of fused-ring (bicyclic) bond motifs is 2. The molecule has 1 amide bonds. The van der Waals surface area contributed by atoms with Crippen LogP contribution in [0.25, 0.3) is 21.0 Å². The van der Waals surface area contributed by atoms with Crippen molar-refractivity contribution in [3.63, 3.8) is 0 Å². The Morgan fingerprint density at radius 1 is 1.16 bits per heavy atom. The number of rotatable bonds is 7. The second-order valence-corrected chi connectivity index (χ2v) is 11.1. The van der Waals surface area contributed by atoms with Gasteiger partial charge in [0, 0.05) is 47.8 Å². The Bertz CT molecular complexity index is 1750. The molecule has 12 heteroatoms. The molecule has 5 aromatic rings. The highest BCUT2D eigenvalue weighted by molar-refractivity contribution is 7.88. The minimum atomic E-state index is -3.33. The minimum Gasteiger partial charge on any atom is -0.382 e. The lowest BCUT2D eigenvalue weighted by molar-refractivity contribution is 0.102. The maximum Gasteiger partial charge on any atom is 0.258 e. The van der Waals surface area contributed by atoms with Crippen LogP contribution in [-0.4, -0.2) is 42.6 Å². The van der Waals surface area contributed by atoms with Gasteiger partial charge in [-0.25, -0.2) is 23.1 Å². The van der Waals surface area contributed by atoms with Gasteiger partial charge < -0.3 is 16.0 Å². The van der Waals surface area contributed by atoms with Crippen LogP contribution in [-0.2, 0) is 16.6 Å². The number of hydrogen-bond donors (Lipinski definition) is 3. The molecule has 0 aliphatic rings. The van der Waals surface area contributed by atoms with Crippen LogP contribution in [0.5, 0.6) is 0 Å². The summed E-state index contributed by atoms with van der Waals surface area (Å²) in [6.45, 7) is 0.170. The van der Waals surface area contributed by atoms with Crippen molar-refractivity contribution in [3.05, 3.63) is 77.7 Å². The summed E-state index contributed by atoms with van der Waals surface area (Å²) < 4.78 is 26.2. The summed E-state index contributed by atoms with van der Waals surface area (Å²) in [6.07, 6.45) is 5.88. The molecule has 0 unspecified atom stereocenters. The van der Waals surface area contributed by atoms with E-state index in [9.17, 15) is 13.2 Å². The van der Waals surface area contributed by atoms with E-state index in [-0.39, 0.29) is 12.5 Å². The third kappa shape index (κ3) is 5.07. The maximum atomic E-state index is 13.5. The second-order valence-electron chi connectivity index (χ2n) is 8.42. The van der Waals surface area contributed by atoms with Gasteiger partial charge in [0.25, 0.3) is 5.91 Å². The van der Waals surface area contributed by atoms with Crippen molar-refractivity contribution in [1.82, 2.24) is 19.7 Å². The van der Waals surface area contributed by atoms with Gasteiger partial charge in [-0.3, -0.25) is 9.78 Å². The normalized spacial score (nSPS) is 11.6. The molecule has 2 aromatic carbocycles. The lowest BCUT2D eigenvalue weighted by Gasteiger charge is -2.24. The van der Waals surface area contributed by atoms with Crippen molar-refractivity contribution < 1.29 is 13.2 Å². The predicted octanol–water partition coefficient (Wildman–Crippen LogP) is 3.89. The molecule has 0 saturated heterocycles. The van der Waals surface area contributed by atoms with Gasteiger partial charge in [-0.05, 0) is 29.8 Å². The molecule has 0 fully saturated rings. The van der Waals surface area contributed by atoms with Crippen LogP contribution < -0.4 is 20.7 Å². The third-order valence-electron chi connectivity index (χ3n) is 5.86. The first kappa shape index (κ1) is 24.6. The lowest BCUT2D eigenvalue weighted by Crippen LogP contribution is -2.21. The van der Waals surface area contributed by atoms with Crippen LogP contribution in [0, 0.1) is 0 Å². The number of anilines is 4. The summed E-state index contributed by atoms with van der Waals surface area (Å²) in [5.41, 5.74) is 9.83. The van der Waals surface area contributed by atoms with Gasteiger partial charge in [0.05, 0.1) is 33.4 Å². The van der Waals surface area contributed by atoms with E-state index < -0.39 is 10.0 Å². The van der Waals surface area contributed by atoms with Crippen molar-refractivity contribution in [2.75, 3.05) is 29.3 Å². The summed E-state index contributed by atoms with van der Waals surface area (Å²) in [7, 11) is -1.44. The first-order valence-electron chi connectivity index (χ1n) is 11.1. The van der Waals surface area contributed by atoms with Crippen LogP contribution in [0.2, 0.25) is 0 Å². The Labute approximate surface area is 217 Å². The zero-order valence-electron chi connectivity index (χ0n) is 20.0. The Morgan fingerprint density at radius 2 is 2.00 bits per heavy atom. The fourth-order valence-corrected chi connectivity index (χ4v) is 5.34. The molecule has 0 atom stereocenters. The molecule has 188 valence electrons. The van der Waals surface area contributed by atoms with E-state index in [1.807, 2.05) is 54.4 Å². The van der Waals surface area contributed by atoms with Crippen LogP contribution in [0.3, 0.4) is 0 Å². The number of hydrogen-bond acceptors (Lipinski definition) is 9. The lowest BCUT2D eigenvalue weighted by atomic mass is 10.1. The van der Waals surface area contributed by atoms with Gasteiger partial charge in [-0.15, -0.1) is 11.3 Å². The Hall–Kier alpha value is -4.13. The summed E-state index contributed by atoms with van der Waals surface area (Å²) in [5.74, 6) is 0.00497. The number of thiophene rings is 1. The number of benzene rings is 2. The summed E-state index contributed by atoms with van der Waals surface area (Å²) >= 11 is 1.32. The molecular weight excluding hydrogens is 510 g/mol. The molecule has 0 radical (unpaired) electrons. The van der Waals surface area contributed by atoms with Gasteiger partial charge in [0.2, 0.25) is 10.0 Å². The van der Waals surface area contributed by atoms with E-state index in [0.717, 1.165) is 34.0 Å². The number of nitrogen functional groups attached to an aromatic ring is 1. The van der Waals surface area contributed by atoms with Crippen LogP contribution in [0.4, 0.5) is 22.9 Å². The standard InChI is InChI=1S/C25H23N7O3S2/c1-32(17-5-3-4-15(10-17)11-30-37(2,34)35)20-7-6-16-12-27-9-8-18(16)21(20)31-25(33)19-13-36-23-22(19)28-14-29-24(23)26/h3-10,12-14,30H,11H2,1-2H3,(H,31,33)(H2,26,28,29). The predicted molar refractivity (Wildman–Crippen MR) is 148 cm³/mol. The summed E-state index contributed by atoms with van der Waals surface area (Å²) in [6, 6.07) is 13.2. The summed E-state index contributed by atoms with van der Waals surface area (Å²) in [5, 5.41) is 6.48. The first-order chi connectivity index (χ1) is 17.7. The van der Waals surface area contributed by atoms with Crippen molar-refractivity contribution in [2.45, 2.75) is 6.54 Å². The number of nitrogens with one attached hydrogen (secondary N) is 2. The third-order valence-corrected chi connectivity index (χ3v) is 7.52. The quantitative estimate of drug-likeness (QED) is 0.286. The Balaban J connectivity index is 1.55. The molecule has 3 heterocycles. The number of amides is 1. The highest BCUT2D eigenvalue weighted by Gasteiger charge is 2.20. The fraction of sp³-hybridized carbons (Fsp3) is 0.120. The van der Waals surface area contributed by atoms with Gasteiger partial charge in [-0.2, -0.15) is 0 Å². The molecule has 10 nitrogen and oxygen atoms in total. The molecule has 0 aliphatic carbocycles. The van der Waals surface area contributed by atoms with E-state index >= 15 is 0 Å². The molecule has 0 aliphatic heterocycles. The molecule has 0 bridgehead atoms. The highest BCUT2D eigenvalue weighted by Crippen LogP contribution is 2.38. The summed E-state index contributed by atoms with van der Waals surface area (Å²) in [4.78, 5) is 27.9. The number of aromatic nitrogens is 3. The minimum absolute atomic E-state index is 0.170. The van der Waals surface area contributed by atoms with Gasteiger partial charge in [0.15, 0.2) is 0 Å². The number of sulfonamides is 1. The van der Waals surface area contributed by atoms with Crippen LogP contribution in [0.1, 0.15) is 15.9 Å². The van der Waals surface area contributed by atoms with Crippen molar-refractivity contribution in [3.8, 4) is 0 Å². The smallest absolute Gasteiger partial charge is 0.258 e. The Morgan fingerprint density at radius 3 is 2.81 bits per heavy atom. The maximum absolute atomic E-state index is 13.5. The van der Waals surface area contributed by atoms with E-state index in [0.29, 0.717) is 27.3 Å². The van der Waals surface area contributed by atoms with Crippen molar-refractivity contribution >= 4 is 71.1 Å². The number of carbonyl (C=O) groups is 1. The van der Waals surface area contributed by atoms with E-state index in [4.69, 9.17) is 5.73 Å². The van der Waals surface area contributed by atoms with Crippen LogP contribution in [0.15, 0.2) is 66.6 Å². The van der Waals surface area contributed by atoms with E-state index in [1.165, 1.54) is 17.7 Å². The molecule has 3 aromatic heterocycles. The zero-order chi connectivity index (χ0) is 26.2. The average molecular weight is 534 g/mol. The highest BCUT2D eigenvalue weighted by atomic mass is 32.2. The van der Waals surface area contributed by atoms with Gasteiger partial charge in [-0.1, -0.05) is 18.2 Å². The number of pyridine rings is 1. The van der Waals surface area contributed by atoms with E-state index in [1.54, 1.807) is 17.8 Å². The molecule has 5 rings (SSSR count). The van der Waals surface area contributed by atoms with Crippen molar-refractivity contribution in [1.29, 1.82) is 0 Å². The number of carbonyl (C=O) groups excluding carboxylic acids is 1. The fourth-order valence-electron chi connectivity index (χ4n) is 4.01. The first-order valence-corrected chi connectivity index (χ1v) is 13.9. The average Bonchev–Trinajstić information content (AvgIpc) is 3.33. The zero-order valence-corrected chi connectivity index (χ0v) is 21.6. The Kier molecular flexibility index (Phi) is 6.46. The largest absolute Gasteiger partial charge is 0.382 e. The molecule has 0 spiro atoms. The molecular formula is C25H23N7O3S2. The number of nitrogens with zero attached hydrogens (tertiary/aromatic N) is 4. The topological polar surface area (TPSA) is 143 Å².